The molecule has 0 amide bonds. The molecule has 5 heterocycles. The number of aryl methyl sites for hydroxylation is 2. The number of pyridine rings is 1. The van der Waals surface area contributed by atoms with E-state index in [0.29, 0.717) is 6.54 Å². The van der Waals surface area contributed by atoms with E-state index in [9.17, 15) is 0 Å². The average Bonchev–Trinajstić information content (AvgIpc) is 3.57. The lowest BCUT2D eigenvalue weighted by molar-refractivity contribution is 0.835. The summed E-state index contributed by atoms with van der Waals surface area (Å²) in [6.45, 7) is 15.0. The van der Waals surface area contributed by atoms with Gasteiger partial charge in [0.2, 0.25) is 0 Å². The van der Waals surface area contributed by atoms with Crippen molar-refractivity contribution in [3.05, 3.63) is 106 Å². The predicted octanol–water partition coefficient (Wildman–Crippen LogP) is 7.50. The number of nitrogens with zero attached hydrogens (tertiary/aromatic N) is 3. The number of fused-ring (bicyclic) bond motifs is 1. The first-order chi connectivity index (χ1) is 18.5. The fourth-order valence-corrected chi connectivity index (χ4v) is 5.50. The van der Waals surface area contributed by atoms with E-state index in [1.165, 1.54) is 9.75 Å². The van der Waals surface area contributed by atoms with Gasteiger partial charge in [0.15, 0.2) is 0 Å². The maximum atomic E-state index is 5.05. The van der Waals surface area contributed by atoms with Crippen LogP contribution in [-0.4, -0.2) is 32.9 Å². The van der Waals surface area contributed by atoms with Gasteiger partial charge in [0, 0.05) is 44.1 Å². The minimum Gasteiger partial charge on any atom is -0.358 e. The molecule has 4 aromatic rings. The number of allylic oxidation sites excluding steroid dienone is 6. The molecular weight excluding hydrogens is 488 g/mol. The lowest BCUT2D eigenvalue weighted by Gasteiger charge is -2.09. The molecule has 3 N–H and O–H groups in total. The van der Waals surface area contributed by atoms with E-state index in [0.717, 1.165) is 74.8 Å². The van der Waals surface area contributed by atoms with Crippen molar-refractivity contribution in [2.75, 3.05) is 6.54 Å². The lowest BCUT2D eigenvalue weighted by atomic mass is 10.0. The minimum absolute atomic E-state index is 0.592. The SMILES string of the molecule is C=C/C=C(/c1ccc(C)s1)c1cc(-c2n[nH]c3ccc(C4=CCN=CC(NC(=C)CCC)=C4)nc23)[nH]c1C. The van der Waals surface area contributed by atoms with Crippen molar-refractivity contribution >= 4 is 39.7 Å². The molecule has 5 rings (SSSR count). The van der Waals surface area contributed by atoms with Crippen molar-refractivity contribution in [3.8, 4) is 11.4 Å². The Hall–Kier alpha value is -4.23. The van der Waals surface area contributed by atoms with E-state index in [2.05, 4.69) is 95.8 Å². The zero-order valence-electron chi connectivity index (χ0n) is 22.1. The molecule has 192 valence electrons. The van der Waals surface area contributed by atoms with Gasteiger partial charge in [-0.1, -0.05) is 44.7 Å². The number of nitrogens with one attached hydrogen (secondary N) is 3. The standard InChI is InChI=1S/C31H32N6S/c1-6-8-19(3)33-23-16-22(14-15-32-18-23)26-11-12-27-30(35-26)31(37-36-27)28-17-25(21(5)34-28)24(9-7-2)29-13-10-20(4)38-29/h7,9-14,16-18,33-34H,2-3,6,8,15H2,1,4-5H3,(H,36,37)/b24-9+. The molecule has 0 saturated carbocycles. The van der Waals surface area contributed by atoms with Crippen LogP contribution in [0, 0.1) is 13.8 Å². The molecule has 0 radical (unpaired) electrons. The Morgan fingerprint density at radius 1 is 1.21 bits per heavy atom. The van der Waals surface area contributed by atoms with Crippen LogP contribution in [-0.2, 0) is 0 Å². The first kappa shape index (κ1) is 25.4. The quantitative estimate of drug-likeness (QED) is 0.200. The van der Waals surface area contributed by atoms with Crippen LogP contribution < -0.4 is 5.32 Å². The largest absolute Gasteiger partial charge is 0.358 e. The number of aliphatic imine (C=N–C) groups is 1. The molecule has 4 aromatic heterocycles. The van der Waals surface area contributed by atoms with Crippen LogP contribution in [0.2, 0.25) is 0 Å². The third-order valence-corrected chi connectivity index (χ3v) is 7.42. The van der Waals surface area contributed by atoms with Crippen LogP contribution in [0.3, 0.4) is 0 Å². The van der Waals surface area contributed by atoms with Gasteiger partial charge in [-0.2, -0.15) is 5.10 Å². The van der Waals surface area contributed by atoms with E-state index in [4.69, 9.17) is 4.98 Å². The Labute approximate surface area is 227 Å². The Kier molecular flexibility index (Phi) is 7.38. The van der Waals surface area contributed by atoms with Crippen molar-refractivity contribution in [1.82, 2.24) is 25.5 Å². The second-order valence-corrected chi connectivity index (χ2v) is 10.6. The van der Waals surface area contributed by atoms with Crippen LogP contribution in [0.5, 0.6) is 0 Å². The molecule has 0 fully saturated rings. The molecule has 1 aliphatic rings. The number of hydrogen-bond acceptors (Lipinski definition) is 5. The van der Waals surface area contributed by atoms with E-state index in [-0.39, 0.29) is 0 Å². The van der Waals surface area contributed by atoms with Gasteiger partial charge < -0.3 is 10.3 Å². The van der Waals surface area contributed by atoms with E-state index >= 15 is 0 Å². The molecule has 0 bridgehead atoms. The topological polar surface area (TPSA) is 81.8 Å². The molecule has 0 spiro atoms. The maximum Gasteiger partial charge on any atom is 0.135 e. The number of hydrogen-bond donors (Lipinski definition) is 3. The highest BCUT2D eigenvalue weighted by Gasteiger charge is 2.18. The third-order valence-electron chi connectivity index (χ3n) is 6.38. The van der Waals surface area contributed by atoms with Crippen molar-refractivity contribution < 1.29 is 0 Å². The molecule has 0 saturated heterocycles. The molecule has 0 aromatic carbocycles. The number of H-pyrrole nitrogens is 2. The van der Waals surface area contributed by atoms with Gasteiger partial charge in [-0.25, -0.2) is 4.98 Å². The maximum absolute atomic E-state index is 5.05. The van der Waals surface area contributed by atoms with Gasteiger partial charge >= 0.3 is 0 Å². The zero-order chi connectivity index (χ0) is 26.6. The summed E-state index contributed by atoms with van der Waals surface area (Å²) in [5.41, 5.74) is 10.5. The summed E-state index contributed by atoms with van der Waals surface area (Å²) in [6.07, 6.45) is 11.9. The van der Waals surface area contributed by atoms with Crippen LogP contribution in [0.4, 0.5) is 0 Å². The summed E-state index contributed by atoms with van der Waals surface area (Å²) in [5, 5.41) is 11.2. The second kappa shape index (κ2) is 11.0. The fourth-order valence-electron chi connectivity index (χ4n) is 4.60. The first-order valence-corrected chi connectivity index (χ1v) is 13.6. The highest BCUT2D eigenvalue weighted by molar-refractivity contribution is 7.13. The Bertz CT molecular complexity index is 1640. The molecule has 1 aliphatic heterocycles. The molecular formula is C31H32N6S. The van der Waals surface area contributed by atoms with E-state index in [1.54, 1.807) is 11.3 Å². The van der Waals surface area contributed by atoms with Gasteiger partial charge in [0.25, 0.3) is 0 Å². The number of thiophene rings is 1. The van der Waals surface area contributed by atoms with Crippen LogP contribution in [0.25, 0.3) is 33.6 Å². The Morgan fingerprint density at radius 3 is 2.84 bits per heavy atom. The molecule has 38 heavy (non-hydrogen) atoms. The summed E-state index contributed by atoms with van der Waals surface area (Å²) in [6, 6.07) is 10.5. The molecule has 0 unspecified atom stereocenters. The summed E-state index contributed by atoms with van der Waals surface area (Å²) < 4.78 is 0. The Balaban J connectivity index is 1.52. The smallest absolute Gasteiger partial charge is 0.135 e. The Morgan fingerprint density at radius 2 is 2.08 bits per heavy atom. The fraction of sp³-hybridized carbons (Fsp3) is 0.194. The summed E-state index contributed by atoms with van der Waals surface area (Å²) >= 11 is 1.78. The van der Waals surface area contributed by atoms with Crippen LogP contribution in [0.15, 0.2) is 84.2 Å². The van der Waals surface area contributed by atoms with Gasteiger partial charge in [0.1, 0.15) is 11.2 Å². The summed E-state index contributed by atoms with van der Waals surface area (Å²) in [5.74, 6) is 0. The minimum atomic E-state index is 0.592. The van der Waals surface area contributed by atoms with E-state index in [1.807, 2.05) is 24.4 Å². The normalized spacial score (nSPS) is 13.8. The van der Waals surface area contributed by atoms with Gasteiger partial charge in [0.05, 0.1) is 29.1 Å². The van der Waals surface area contributed by atoms with Crippen molar-refractivity contribution in [1.29, 1.82) is 0 Å². The monoisotopic (exact) mass is 520 g/mol. The second-order valence-electron chi connectivity index (χ2n) is 9.34. The molecule has 6 nitrogen and oxygen atoms in total. The molecule has 0 atom stereocenters. The number of rotatable bonds is 9. The van der Waals surface area contributed by atoms with Gasteiger partial charge in [-0.05, 0) is 56.7 Å². The highest BCUT2D eigenvalue weighted by atomic mass is 32.1. The van der Waals surface area contributed by atoms with Crippen LogP contribution in [0.1, 0.15) is 46.5 Å². The van der Waals surface area contributed by atoms with Crippen molar-refractivity contribution in [3.63, 3.8) is 0 Å². The zero-order valence-corrected chi connectivity index (χ0v) is 22.9. The van der Waals surface area contributed by atoms with E-state index < -0.39 is 0 Å². The summed E-state index contributed by atoms with van der Waals surface area (Å²) in [4.78, 5) is 15.6. The van der Waals surface area contributed by atoms with Crippen molar-refractivity contribution in [2.45, 2.75) is 33.6 Å². The number of aromatic amines is 2. The average molecular weight is 521 g/mol. The highest BCUT2D eigenvalue weighted by Crippen LogP contribution is 2.35. The van der Waals surface area contributed by atoms with Crippen LogP contribution >= 0.6 is 11.3 Å². The van der Waals surface area contributed by atoms with Gasteiger partial charge in [-0.3, -0.25) is 10.1 Å². The first-order valence-electron chi connectivity index (χ1n) is 12.8. The third kappa shape index (κ3) is 5.24. The number of aromatic nitrogens is 4. The molecule has 0 aliphatic carbocycles. The van der Waals surface area contributed by atoms with Crippen molar-refractivity contribution in [2.24, 2.45) is 4.99 Å². The molecule has 7 heteroatoms. The summed E-state index contributed by atoms with van der Waals surface area (Å²) in [7, 11) is 0. The van der Waals surface area contributed by atoms with Gasteiger partial charge in [-0.15, -0.1) is 11.3 Å². The lowest BCUT2D eigenvalue weighted by Crippen LogP contribution is -2.13. The predicted molar refractivity (Wildman–Crippen MR) is 161 cm³/mol.